The summed E-state index contributed by atoms with van der Waals surface area (Å²) in [7, 11) is 0. The highest BCUT2D eigenvalue weighted by molar-refractivity contribution is 6.19. The normalized spacial score (nSPS) is 10.5. The van der Waals surface area contributed by atoms with Crippen molar-refractivity contribution in [2.24, 2.45) is 11.5 Å². The van der Waals surface area contributed by atoms with Crippen molar-refractivity contribution in [3.63, 3.8) is 0 Å². The Morgan fingerprint density at radius 2 is 1.21 bits per heavy atom. The molecule has 42 heavy (non-hydrogen) atoms. The molecule has 0 bridgehead atoms. The number of furan rings is 2. The van der Waals surface area contributed by atoms with Crippen molar-refractivity contribution in [1.29, 1.82) is 0 Å². The molecule has 7 aromatic rings. The number of urea groups is 1. The molecule has 0 spiro atoms. The van der Waals surface area contributed by atoms with Crippen LogP contribution in [0.5, 0.6) is 0 Å². The molecule has 0 fully saturated rings. The van der Waals surface area contributed by atoms with E-state index < -0.39 is 11.7 Å². The molecule has 0 atom stereocenters. The maximum absolute atomic E-state index is 12.4. The molecule has 7 rings (SSSR count). The van der Waals surface area contributed by atoms with Crippen LogP contribution in [-0.4, -0.2) is 21.8 Å². The van der Waals surface area contributed by atoms with Gasteiger partial charge in [-0.1, -0.05) is 97.1 Å². The second-order valence-electron chi connectivity index (χ2n) is 9.00. The largest absolute Gasteiger partial charge is 0.440 e. The molecule has 0 unspecified atom stereocenters. The van der Waals surface area contributed by atoms with Crippen LogP contribution in [0.1, 0.15) is 15.9 Å². The van der Waals surface area contributed by atoms with E-state index in [0.717, 1.165) is 33.0 Å². The molecule has 0 aliphatic heterocycles. The van der Waals surface area contributed by atoms with Crippen LogP contribution in [0.2, 0.25) is 0 Å². The molecule has 3 aromatic heterocycles. The Labute approximate surface area is 238 Å². The van der Waals surface area contributed by atoms with Crippen molar-refractivity contribution >= 4 is 50.7 Å². The summed E-state index contributed by atoms with van der Waals surface area (Å²) in [6.45, 7) is 0. The highest BCUT2D eigenvalue weighted by atomic mass is 16.3. The van der Waals surface area contributed by atoms with Gasteiger partial charge in [-0.15, -0.1) is 0 Å². The van der Waals surface area contributed by atoms with Crippen molar-refractivity contribution in [2.75, 3.05) is 5.73 Å². The third kappa shape index (κ3) is 5.73. The first-order chi connectivity index (χ1) is 20.3. The number of aromatic amines is 1. The van der Waals surface area contributed by atoms with Gasteiger partial charge in [-0.3, -0.25) is 4.79 Å². The summed E-state index contributed by atoms with van der Waals surface area (Å²) in [6.07, 6.45) is 0. The summed E-state index contributed by atoms with van der Waals surface area (Å²) in [5, 5.41) is 2.54. The van der Waals surface area contributed by atoms with Crippen LogP contribution in [0.25, 0.3) is 44.3 Å². The number of rotatable bonds is 3. The van der Waals surface area contributed by atoms with E-state index >= 15 is 0 Å². The molecule has 10 nitrogen and oxygen atoms in total. The number of hydrogen-bond donors (Lipinski definition) is 4. The summed E-state index contributed by atoms with van der Waals surface area (Å²) < 4.78 is 11.1. The van der Waals surface area contributed by atoms with Crippen molar-refractivity contribution in [2.45, 2.75) is 0 Å². The number of carbonyl (C=O) groups excluding carboxylic acids is 2. The third-order valence-electron chi connectivity index (χ3n) is 6.21. The standard InChI is InChI=1S/C16H10N2O2.C15H11NO2.CH4N2O/c19-16-17-14(10-6-2-1-3-7-10)13-11-8-4-5-9-12(11)20-15(13)18-16;16-15-13(11-8-4-5-9-12(11)18-15)14(17)10-6-2-1-3-7-10;2-1(3)4/h1-9H,(H,17,18,19);1-9H,16H2;(H4,2,3,4). The molecule has 0 aliphatic rings. The monoisotopic (exact) mass is 559 g/mol. The first kappa shape index (κ1) is 27.4. The van der Waals surface area contributed by atoms with Gasteiger partial charge in [0, 0.05) is 16.3 Å². The molecule has 0 aliphatic carbocycles. The van der Waals surface area contributed by atoms with Gasteiger partial charge in [-0.2, -0.15) is 4.98 Å². The second-order valence-corrected chi connectivity index (χ2v) is 9.00. The third-order valence-corrected chi connectivity index (χ3v) is 6.21. The quantitative estimate of drug-likeness (QED) is 0.203. The van der Waals surface area contributed by atoms with Crippen LogP contribution in [0, 0.1) is 0 Å². The van der Waals surface area contributed by atoms with Gasteiger partial charge in [0.2, 0.25) is 11.6 Å². The average Bonchev–Trinajstić information content (AvgIpc) is 3.53. The molecule has 7 N–H and O–H groups in total. The van der Waals surface area contributed by atoms with Crippen LogP contribution in [0.4, 0.5) is 10.7 Å². The van der Waals surface area contributed by atoms with Gasteiger partial charge in [-0.05, 0) is 17.7 Å². The SMILES string of the molecule is NC(N)=O.Nc1oc2ccccc2c1C(=O)c1ccccc1.O=c1nc2oc3ccccc3c2c(-c2ccccc2)[nH]1. The molecular formula is C32H25N5O5. The first-order valence-electron chi connectivity index (χ1n) is 12.7. The zero-order valence-electron chi connectivity index (χ0n) is 22.1. The number of para-hydroxylation sites is 2. The number of aromatic nitrogens is 2. The smallest absolute Gasteiger partial charge is 0.348 e. The van der Waals surface area contributed by atoms with E-state index in [1.807, 2.05) is 91.0 Å². The van der Waals surface area contributed by atoms with Crippen LogP contribution in [-0.2, 0) is 0 Å². The zero-order chi connectivity index (χ0) is 29.6. The van der Waals surface area contributed by atoms with Crippen molar-refractivity contribution < 1.29 is 18.4 Å². The summed E-state index contributed by atoms with van der Waals surface area (Å²) in [5.74, 6) is 0.0584. The molecule has 3 heterocycles. The number of hydrogen-bond acceptors (Lipinski definition) is 7. The molecule has 10 heteroatoms. The number of primary amides is 2. The molecule has 0 saturated carbocycles. The number of carbonyl (C=O) groups is 2. The fourth-order valence-electron chi connectivity index (χ4n) is 4.50. The number of benzene rings is 4. The number of nitrogen functional groups attached to an aromatic ring is 1. The lowest BCUT2D eigenvalue weighted by molar-refractivity contribution is 0.104. The molecule has 208 valence electrons. The maximum atomic E-state index is 12.4. The van der Waals surface area contributed by atoms with Crippen LogP contribution < -0.4 is 22.9 Å². The number of nitrogens with zero attached hydrogens (tertiary/aromatic N) is 1. The average molecular weight is 560 g/mol. The fourth-order valence-corrected chi connectivity index (χ4v) is 4.50. The number of ketones is 1. The van der Waals surface area contributed by atoms with Gasteiger partial charge in [0.15, 0.2) is 5.78 Å². The topological polar surface area (TPSA) is 184 Å². The number of nitrogens with two attached hydrogens (primary N) is 3. The molecule has 2 amide bonds. The minimum atomic E-state index is -0.833. The predicted molar refractivity (Wildman–Crippen MR) is 162 cm³/mol. The summed E-state index contributed by atoms with van der Waals surface area (Å²) in [5.41, 5.74) is 18.4. The Hall–Kier alpha value is -6.16. The van der Waals surface area contributed by atoms with Gasteiger partial charge in [0.05, 0.1) is 16.6 Å². The van der Waals surface area contributed by atoms with Gasteiger partial charge in [0.25, 0.3) is 0 Å². The Balaban J connectivity index is 0.000000150. The van der Waals surface area contributed by atoms with Crippen LogP contribution in [0.3, 0.4) is 0 Å². The van der Waals surface area contributed by atoms with Gasteiger partial charge >= 0.3 is 11.7 Å². The Morgan fingerprint density at radius 1 is 0.690 bits per heavy atom. The van der Waals surface area contributed by atoms with Gasteiger partial charge in [-0.25, -0.2) is 9.59 Å². The lowest BCUT2D eigenvalue weighted by Gasteiger charge is -2.02. The fraction of sp³-hybridized carbons (Fsp3) is 0. The number of amides is 2. The Bertz CT molecular complexity index is 2080. The van der Waals surface area contributed by atoms with Crippen LogP contribution >= 0.6 is 0 Å². The zero-order valence-corrected chi connectivity index (χ0v) is 22.1. The van der Waals surface area contributed by atoms with Crippen molar-refractivity contribution in [3.8, 4) is 11.3 Å². The van der Waals surface area contributed by atoms with E-state index in [4.69, 9.17) is 19.4 Å². The number of nitrogens with one attached hydrogen (secondary N) is 1. The summed E-state index contributed by atoms with van der Waals surface area (Å²) in [6, 6.07) is 32.9. The molecular weight excluding hydrogens is 534 g/mol. The van der Waals surface area contributed by atoms with E-state index in [1.54, 1.807) is 18.2 Å². The highest BCUT2D eigenvalue weighted by Gasteiger charge is 2.20. The Kier molecular flexibility index (Phi) is 7.78. The Morgan fingerprint density at radius 3 is 1.86 bits per heavy atom. The van der Waals surface area contributed by atoms with Gasteiger partial charge in [0.1, 0.15) is 11.2 Å². The predicted octanol–water partition coefficient (Wildman–Crippen LogP) is 5.61. The summed E-state index contributed by atoms with van der Waals surface area (Å²) >= 11 is 0. The highest BCUT2D eigenvalue weighted by Crippen LogP contribution is 2.33. The van der Waals surface area contributed by atoms with Crippen molar-refractivity contribution in [3.05, 3.63) is 131 Å². The molecule has 4 aromatic carbocycles. The van der Waals surface area contributed by atoms with Gasteiger partial charge < -0.3 is 31.0 Å². The molecule has 0 radical (unpaired) electrons. The minimum absolute atomic E-state index is 0.113. The minimum Gasteiger partial charge on any atom is -0.440 e. The lowest BCUT2D eigenvalue weighted by Crippen LogP contribution is -2.18. The van der Waals surface area contributed by atoms with E-state index in [1.165, 1.54) is 0 Å². The van der Waals surface area contributed by atoms with Crippen molar-refractivity contribution in [1.82, 2.24) is 9.97 Å². The maximum Gasteiger partial charge on any atom is 0.348 e. The van der Waals surface area contributed by atoms with Crippen LogP contribution in [0.15, 0.2) is 123 Å². The summed E-state index contributed by atoms with van der Waals surface area (Å²) in [4.78, 5) is 39.9. The van der Waals surface area contributed by atoms with E-state index in [-0.39, 0.29) is 11.7 Å². The number of fused-ring (bicyclic) bond motifs is 4. The first-order valence-corrected chi connectivity index (χ1v) is 12.7. The second kappa shape index (κ2) is 11.9. The van der Waals surface area contributed by atoms with E-state index in [2.05, 4.69) is 21.4 Å². The number of H-pyrrole nitrogens is 1. The molecule has 0 saturated heterocycles. The lowest BCUT2D eigenvalue weighted by atomic mass is 10.0. The van der Waals surface area contributed by atoms with E-state index in [9.17, 15) is 9.59 Å². The number of anilines is 1. The van der Waals surface area contributed by atoms with E-state index in [0.29, 0.717) is 22.4 Å².